The fourth-order valence-corrected chi connectivity index (χ4v) is 1.45. The predicted octanol–water partition coefficient (Wildman–Crippen LogP) is -0.180. The lowest BCUT2D eigenvalue weighted by atomic mass is 10.3. The van der Waals surface area contributed by atoms with Crippen molar-refractivity contribution in [1.82, 2.24) is 20.0 Å². The van der Waals surface area contributed by atoms with Gasteiger partial charge in [0.1, 0.15) is 11.7 Å². The van der Waals surface area contributed by atoms with Crippen LogP contribution in [0.2, 0.25) is 0 Å². The minimum absolute atomic E-state index is 0.00487. The van der Waals surface area contributed by atoms with Crippen LogP contribution in [0.4, 0.5) is 0 Å². The van der Waals surface area contributed by atoms with Gasteiger partial charge < -0.3 is 15.3 Å². The van der Waals surface area contributed by atoms with Crippen LogP contribution in [-0.2, 0) is 4.79 Å². The van der Waals surface area contributed by atoms with E-state index in [0.717, 1.165) is 6.54 Å². The van der Waals surface area contributed by atoms with Crippen LogP contribution >= 0.6 is 0 Å². The molecule has 100 valence electrons. The molecule has 1 unspecified atom stereocenters. The molecule has 0 aliphatic rings. The Morgan fingerprint density at radius 3 is 2.78 bits per heavy atom. The van der Waals surface area contributed by atoms with E-state index in [1.54, 1.807) is 6.92 Å². The van der Waals surface area contributed by atoms with Crippen LogP contribution in [0.5, 0.6) is 0 Å². The molecule has 0 fully saturated rings. The Morgan fingerprint density at radius 2 is 2.22 bits per heavy atom. The number of hydrogen-bond donors (Lipinski definition) is 2. The average molecular weight is 254 g/mol. The summed E-state index contributed by atoms with van der Waals surface area (Å²) < 4.78 is 1.20. The number of carbonyl (C=O) groups excluding carboxylic acids is 1. The number of nitrogens with one attached hydrogen (secondary N) is 1. The number of rotatable bonds is 6. The van der Waals surface area contributed by atoms with Gasteiger partial charge in [0.05, 0.1) is 0 Å². The highest BCUT2D eigenvalue weighted by Crippen LogP contribution is 2.09. The number of carbonyl (C=O) groups is 2. The van der Waals surface area contributed by atoms with E-state index in [-0.39, 0.29) is 11.6 Å². The maximum atomic E-state index is 11.8. The van der Waals surface area contributed by atoms with Crippen molar-refractivity contribution in [3.05, 3.63) is 18.0 Å². The number of aromatic nitrogens is 2. The van der Waals surface area contributed by atoms with Gasteiger partial charge in [-0.3, -0.25) is 4.79 Å². The SMILES string of the molecule is CC(C(=O)NCCN(C)C)n1nccc1C(=O)O. The lowest BCUT2D eigenvalue weighted by Gasteiger charge is -2.15. The molecule has 1 heterocycles. The van der Waals surface area contributed by atoms with Crippen molar-refractivity contribution in [2.75, 3.05) is 27.2 Å². The number of aromatic carboxylic acids is 1. The van der Waals surface area contributed by atoms with Crippen LogP contribution in [0.15, 0.2) is 12.3 Å². The molecule has 0 saturated heterocycles. The van der Waals surface area contributed by atoms with E-state index < -0.39 is 12.0 Å². The summed E-state index contributed by atoms with van der Waals surface area (Å²) >= 11 is 0. The second kappa shape index (κ2) is 6.15. The Morgan fingerprint density at radius 1 is 1.56 bits per heavy atom. The van der Waals surface area contributed by atoms with Crippen molar-refractivity contribution in [1.29, 1.82) is 0 Å². The minimum Gasteiger partial charge on any atom is -0.477 e. The highest BCUT2D eigenvalue weighted by molar-refractivity contribution is 5.87. The minimum atomic E-state index is -1.10. The zero-order valence-electron chi connectivity index (χ0n) is 10.8. The summed E-state index contributed by atoms with van der Waals surface area (Å²) in [5.74, 6) is -1.34. The molecule has 0 saturated carbocycles. The quantitative estimate of drug-likeness (QED) is 0.735. The molecule has 1 atom stereocenters. The standard InChI is InChI=1S/C11H18N4O3/c1-8(10(16)12-6-7-14(2)3)15-9(11(17)18)4-5-13-15/h4-5,8H,6-7H2,1-3H3,(H,12,16)(H,17,18). The molecule has 0 radical (unpaired) electrons. The summed E-state index contributed by atoms with van der Waals surface area (Å²) in [6.07, 6.45) is 1.37. The summed E-state index contributed by atoms with van der Waals surface area (Å²) in [6, 6.07) is 0.722. The van der Waals surface area contributed by atoms with Gasteiger partial charge in [-0.2, -0.15) is 5.10 Å². The van der Waals surface area contributed by atoms with Gasteiger partial charge in [0.25, 0.3) is 0 Å². The van der Waals surface area contributed by atoms with E-state index in [2.05, 4.69) is 10.4 Å². The molecule has 18 heavy (non-hydrogen) atoms. The number of hydrogen-bond acceptors (Lipinski definition) is 4. The topological polar surface area (TPSA) is 87.5 Å². The zero-order valence-corrected chi connectivity index (χ0v) is 10.8. The molecule has 1 rings (SSSR count). The van der Waals surface area contributed by atoms with Gasteiger partial charge in [-0.05, 0) is 27.1 Å². The lowest BCUT2D eigenvalue weighted by Crippen LogP contribution is -2.36. The van der Waals surface area contributed by atoms with Crippen molar-refractivity contribution in [3.63, 3.8) is 0 Å². The number of amides is 1. The maximum Gasteiger partial charge on any atom is 0.354 e. The van der Waals surface area contributed by atoms with Gasteiger partial charge >= 0.3 is 5.97 Å². The molecule has 0 spiro atoms. The largest absolute Gasteiger partial charge is 0.477 e. The highest BCUT2D eigenvalue weighted by Gasteiger charge is 2.20. The van der Waals surface area contributed by atoms with Crippen LogP contribution < -0.4 is 5.32 Å². The first-order valence-electron chi connectivity index (χ1n) is 5.62. The molecular formula is C11H18N4O3. The molecule has 0 aromatic carbocycles. The van der Waals surface area contributed by atoms with Gasteiger partial charge in [0.2, 0.25) is 5.91 Å². The zero-order chi connectivity index (χ0) is 13.7. The van der Waals surface area contributed by atoms with Crippen molar-refractivity contribution in [2.45, 2.75) is 13.0 Å². The Balaban J connectivity index is 2.63. The first-order valence-corrected chi connectivity index (χ1v) is 5.62. The van der Waals surface area contributed by atoms with Gasteiger partial charge in [-0.1, -0.05) is 0 Å². The third kappa shape index (κ3) is 3.56. The van der Waals surface area contributed by atoms with E-state index in [4.69, 9.17) is 5.11 Å². The second-order valence-corrected chi connectivity index (χ2v) is 4.24. The van der Waals surface area contributed by atoms with Crippen molar-refractivity contribution >= 4 is 11.9 Å². The molecule has 7 nitrogen and oxygen atoms in total. The van der Waals surface area contributed by atoms with E-state index in [1.807, 2.05) is 19.0 Å². The fourth-order valence-electron chi connectivity index (χ4n) is 1.45. The summed E-state index contributed by atoms with van der Waals surface area (Å²) in [7, 11) is 3.82. The number of carboxylic acids is 1. The lowest BCUT2D eigenvalue weighted by molar-refractivity contribution is -0.124. The Labute approximate surface area is 105 Å². The molecular weight excluding hydrogens is 236 g/mol. The first kappa shape index (κ1) is 14.2. The summed E-state index contributed by atoms with van der Waals surface area (Å²) in [5.41, 5.74) is 0.00487. The molecule has 1 aromatic rings. The molecule has 2 N–H and O–H groups in total. The Hall–Kier alpha value is -1.89. The van der Waals surface area contributed by atoms with E-state index in [1.165, 1.54) is 16.9 Å². The highest BCUT2D eigenvalue weighted by atomic mass is 16.4. The summed E-state index contributed by atoms with van der Waals surface area (Å²) in [6.45, 7) is 2.85. The fraction of sp³-hybridized carbons (Fsp3) is 0.545. The third-order valence-corrected chi connectivity index (χ3v) is 2.49. The van der Waals surface area contributed by atoms with Crippen LogP contribution in [0.3, 0.4) is 0 Å². The van der Waals surface area contributed by atoms with E-state index in [0.29, 0.717) is 6.54 Å². The Kier molecular flexibility index (Phi) is 4.85. The van der Waals surface area contributed by atoms with Crippen LogP contribution in [-0.4, -0.2) is 58.8 Å². The maximum absolute atomic E-state index is 11.8. The normalized spacial score (nSPS) is 12.4. The Bertz CT molecular complexity index is 428. The van der Waals surface area contributed by atoms with E-state index in [9.17, 15) is 9.59 Å². The smallest absolute Gasteiger partial charge is 0.354 e. The van der Waals surface area contributed by atoms with Crippen molar-refractivity contribution < 1.29 is 14.7 Å². The first-order chi connectivity index (χ1) is 8.43. The monoisotopic (exact) mass is 254 g/mol. The molecule has 1 amide bonds. The van der Waals surface area contributed by atoms with Gasteiger partial charge in [0, 0.05) is 19.3 Å². The van der Waals surface area contributed by atoms with Crippen molar-refractivity contribution in [3.8, 4) is 0 Å². The number of carboxylic acid groups (broad SMARTS) is 1. The number of likely N-dealkylation sites (N-methyl/N-ethyl adjacent to an activating group) is 1. The van der Waals surface area contributed by atoms with Crippen LogP contribution in [0, 0.1) is 0 Å². The molecule has 7 heteroatoms. The van der Waals surface area contributed by atoms with E-state index >= 15 is 0 Å². The van der Waals surface area contributed by atoms with Crippen LogP contribution in [0.1, 0.15) is 23.5 Å². The average Bonchev–Trinajstić information content (AvgIpc) is 2.76. The second-order valence-electron chi connectivity index (χ2n) is 4.24. The third-order valence-electron chi connectivity index (χ3n) is 2.49. The predicted molar refractivity (Wildman–Crippen MR) is 65.5 cm³/mol. The van der Waals surface area contributed by atoms with Gasteiger partial charge in [-0.25, -0.2) is 9.48 Å². The molecule has 0 aliphatic heterocycles. The number of nitrogens with zero attached hydrogens (tertiary/aromatic N) is 3. The van der Waals surface area contributed by atoms with Gasteiger partial charge in [0.15, 0.2) is 0 Å². The van der Waals surface area contributed by atoms with Crippen LogP contribution in [0.25, 0.3) is 0 Å². The molecule has 1 aromatic heterocycles. The molecule has 0 bridgehead atoms. The van der Waals surface area contributed by atoms with Crippen molar-refractivity contribution in [2.24, 2.45) is 0 Å². The summed E-state index contributed by atoms with van der Waals surface area (Å²) in [4.78, 5) is 24.7. The summed E-state index contributed by atoms with van der Waals surface area (Å²) in [5, 5.41) is 15.5. The van der Waals surface area contributed by atoms with Gasteiger partial charge in [-0.15, -0.1) is 0 Å². The molecule has 0 aliphatic carbocycles.